The standard InChI is InChI=1S/C16H22N2O/c1-2-10-19-15-9-5-6-13(11-15)16(12-17)18-14-7-3-4-8-14/h5-6,9,11,14,16,18H,2-4,7-8,10H2,1H3. The first-order valence-electron chi connectivity index (χ1n) is 7.22. The van der Waals surface area contributed by atoms with E-state index in [1.165, 1.54) is 25.7 Å². The fourth-order valence-corrected chi connectivity index (χ4v) is 2.54. The van der Waals surface area contributed by atoms with Crippen molar-refractivity contribution in [2.24, 2.45) is 0 Å². The minimum Gasteiger partial charge on any atom is -0.494 e. The molecule has 0 radical (unpaired) electrons. The SMILES string of the molecule is CCCOc1cccc(C(C#N)NC2CCCC2)c1. The quantitative estimate of drug-likeness (QED) is 0.848. The molecule has 1 fully saturated rings. The van der Waals surface area contributed by atoms with E-state index in [4.69, 9.17) is 4.74 Å². The Morgan fingerprint density at radius 2 is 2.21 bits per heavy atom. The van der Waals surface area contributed by atoms with Crippen LogP contribution < -0.4 is 10.1 Å². The van der Waals surface area contributed by atoms with Crippen LogP contribution in [0.5, 0.6) is 5.75 Å². The van der Waals surface area contributed by atoms with Gasteiger partial charge in [-0.25, -0.2) is 0 Å². The van der Waals surface area contributed by atoms with Crippen molar-refractivity contribution in [3.63, 3.8) is 0 Å². The van der Waals surface area contributed by atoms with Gasteiger partial charge in [0.15, 0.2) is 0 Å². The summed E-state index contributed by atoms with van der Waals surface area (Å²) in [5.41, 5.74) is 1.00. The molecule has 0 amide bonds. The van der Waals surface area contributed by atoms with Crippen molar-refractivity contribution in [2.45, 2.75) is 51.1 Å². The number of rotatable bonds is 6. The van der Waals surface area contributed by atoms with Gasteiger partial charge < -0.3 is 4.74 Å². The summed E-state index contributed by atoms with van der Waals surface area (Å²) in [6.07, 6.45) is 5.91. The van der Waals surface area contributed by atoms with E-state index in [0.717, 1.165) is 24.3 Å². The van der Waals surface area contributed by atoms with Crippen molar-refractivity contribution >= 4 is 0 Å². The number of ether oxygens (including phenoxy) is 1. The van der Waals surface area contributed by atoms with Crippen LogP contribution in [-0.2, 0) is 0 Å². The van der Waals surface area contributed by atoms with E-state index in [1.54, 1.807) is 0 Å². The summed E-state index contributed by atoms with van der Waals surface area (Å²) in [6, 6.07) is 10.5. The van der Waals surface area contributed by atoms with E-state index in [1.807, 2.05) is 24.3 Å². The van der Waals surface area contributed by atoms with Crippen molar-refractivity contribution in [1.29, 1.82) is 5.26 Å². The molecule has 1 aliphatic carbocycles. The van der Waals surface area contributed by atoms with Gasteiger partial charge in [0.2, 0.25) is 0 Å². The van der Waals surface area contributed by atoms with Gasteiger partial charge in [-0.05, 0) is 37.0 Å². The molecule has 0 heterocycles. The summed E-state index contributed by atoms with van der Waals surface area (Å²) in [5, 5.41) is 12.8. The summed E-state index contributed by atoms with van der Waals surface area (Å²) < 4.78 is 5.62. The van der Waals surface area contributed by atoms with Crippen LogP contribution in [0.15, 0.2) is 24.3 Å². The summed E-state index contributed by atoms with van der Waals surface area (Å²) >= 11 is 0. The molecular formula is C16H22N2O. The maximum absolute atomic E-state index is 9.35. The molecule has 1 aliphatic rings. The third kappa shape index (κ3) is 3.97. The second kappa shape index (κ2) is 7.16. The van der Waals surface area contributed by atoms with Gasteiger partial charge >= 0.3 is 0 Å². The number of hydrogen-bond acceptors (Lipinski definition) is 3. The third-order valence-electron chi connectivity index (χ3n) is 3.55. The Labute approximate surface area is 115 Å². The van der Waals surface area contributed by atoms with Crippen LogP contribution >= 0.6 is 0 Å². The van der Waals surface area contributed by atoms with Crippen LogP contribution in [0.2, 0.25) is 0 Å². The van der Waals surface area contributed by atoms with E-state index >= 15 is 0 Å². The molecule has 1 saturated carbocycles. The summed E-state index contributed by atoms with van der Waals surface area (Å²) in [7, 11) is 0. The lowest BCUT2D eigenvalue weighted by Crippen LogP contribution is -2.29. The van der Waals surface area contributed by atoms with Crippen LogP contribution in [0.1, 0.15) is 50.6 Å². The average Bonchev–Trinajstić information content (AvgIpc) is 2.96. The number of nitriles is 1. The molecule has 3 nitrogen and oxygen atoms in total. The van der Waals surface area contributed by atoms with Gasteiger partial charge in [-0.3, -0.25) is 5.32 Å². The highest BCUT2D eigenvalue weighted by Gasteiger charge is 2.20. The molecule has 1 atom stereocenters. The largest absolute Gasteiger partial charge is 0.494 e. The van der Waals surface area contributed by atoms with Crippen molar-refractivity contribution in [2.75, 3.05) is 6.61 Å². The average molecular weight is 258 g/mol. The normalized spacial score (nSPS) is 17.1. The molecule has 0 aliphatic heterocycles. The number of hydrogen-bond donors (Lipinski definition) is 1. The topological polar surface area (TPSA) is 45.0 Å². The minimum atomic E-state index is -0.228. The van der Waals surface area contributed by atoms with Crippen molar-refractivity contribution in [3.8, 4) is 11.8 Å². The molecule has 1 aromatic rings. The highest BCUT2D eigenvalue weighted by atomic mass is 16.5. The van der Waals surface area contributed by atoms with Gasteiger partial charge in [0, 0.05) is 6.04 Å². The zero-order chi connectivity index (χ0) is 13.5. The third-order valence-corrected chi connectivity index (χ3v) is 3.55. The number of nitrogens with zero attached hydrogens (tertiary/aromatic N) is 1. The summed E-state index contributed by atoms with van der Waals surface area (Å²) in [4.78, 5) is 0. The number of nitrogens with one attached hydrogen (secondary N) is 1. The molecule has 1 aromatic carbocycles. The number of benzene rings is 1. The van der Waals surface area contributed by atoms with Gasteiger partial charge in [0.25, 0.3) is 0 Å². The van der Waals surface area contributed by atoms with E-state index < -0.39 is 0 Å². The van der Waals surface area contributed by atoms with Crippen LogP contribution in [0.4, 0.5) is 0 Å². The summed E-state index contributed by atoms with van der Waals surface area (Å²) in [5.74, 6) is 0.854. The molecular weight excluding hydrogens is 236 g/mol. The van der Waals surface area contributed by atoms with E-state index in [9.17, 15) is 5.26 Å². The maximum atomic E-state index is 9.35. The molecule has 102 valence electrons. The Balaban J connectivity index is 2.02. The Hall–Kier alpha value is -1.53. The lowest BCUT2D eigenvalue weighted by atomic mass is 10.1. The van der Waals surface area contributed by atoms with Gasteiger partial charge in [-0.15, -0.1) is 0 Å². The van der Waals surface area contributed by atoms with Gasteiger partial charge in [0.1, 0.15) is 11.8 Å². The predicted octanol–water partition coefficient (Wildman–Crippen LogP) is 3.57. The van der Waals surface area contributed by atoms with E-state index in [-0.39, 0.29) is 6.04 Å². The molecule has 3 heteroatoms. The van der Waals surface area contributed by atoms with Gasteiger partial charge in [0.05, 0.1) is 12.7 Å². The van der Waals surface area contributed by atoms with Gasteiger partial charge in [-0.2, -0.15) is 5.26 Å². The Morgan fingerprint density at radius 3 is 2.89 bits per heavy atom. The molecule has 19 heavy (non-hydrogen) atoms. The predicted molar refractivity (Wildman–Crippen MR) is 76.0 cm³/mol. The van der Waals surface area contributed by atoms with Crippen molar-refractivity contribution < 1.29 is 4.74 Å². The van der Waals surface area contributed by atoms with Crippen LogP contribution in [0.25, 0.3) is 0 Å². The lowest BCUT2D eigenvalue weighted by molar-refractivity contribution is 0.317. The van der Waals surface area contributed by atoms with Crippen molar-refractivity contribution in [1.82, 2.24) is 5.32 Å². The van der Waals surface area contributed by atoms with E-state index in [0.29, 0.717) is 6.04 Å². The first kappa shape index (κ1) is 13.9. The molecule has 0 aromatic heterocycles. The maximum Gasteiger partial charge on any atom is 0.121 e. The first-order valence-corrected chi connectivity index (χ1v) is 7.22. The second-order valence-electron chi connectivity index (χ2n) is 5.13. The van der Waals surface area contributed by atoms with Crippen LogP contribution in [-0.4, -0.2) is 12.6 Å². The van der Waals surface area contributed by atoms with Gasteiger partial charge in [-0.1, -0.05) is 31.9 Å². The van der Waals surface area contributed by atoms with Crippen LogP contribution in [0, 0.1) is 11.3 Å². The first-order chi connectivity index (χ1) is 9.33. The Bertz CT molecular complexity index is 433. The fourth-order valence-electron chi connectivity index (χ4n) is 2.54. The lowest BCUT2D eigenvalue weighted by Gasteiger charge is -2.18. The summed E-state index contributed by atoms with van der Waals surface area (Å²) in [6.45, 7) is 2.81. The van der Waals surface area contributed by atoms with E-state index in [2.05, 4.69) is 18.3 Å². The minimum absolute atomic E-state index is 0.228. The highest BCUT2D eigenvalue weighted by Crippen LogP contribution is 2.24. The zero-order valence-electron chi connectivity index (χ0n) is 11.6. The zero-order valence-corrected chi connectivity index (χ0v) is 11.6. The molecule has 0 spiro atoms. The Morgan fingerprint density at radius 1 is 1.42 bits per heavy atom. The molecule has 1 unspecified atom stereocenters. The Kier molecular flexibility index (Phi) is 5.23. The molecule has 0 saturated heterocycles. The highest BCUT2D eigenvalue weighted by molar-refractivity contribution is 5.33. The van der Waals surface area contributed by atoms with Crippen molar-refractivity contribution in [3.05, 3.63) is 29.8 Å². The molecule has 2 rings (SSSR count). The molecule has 0 bridgehead atoms. The fraction of sp³-hybridized carbons (Fsp3) is 0.562. The smallest absolute Gasteiger partial charge is 0.121 e. The molecule has 1 N–H and O–H groups in total. The second-order valence-corrected chi connectivity index (χ2v) is 5.13. The van der Waals surface area contributed by atoms with Crippen LogP contribution in [0.3, 0.4) is 0 Å². The monoisotopic (exact) mass is 258 g/mol.